The van der Waals surface area contributed by atoms with Gasteiger partial charge in [0.25, 0.3) is 0 Å². The first kappa shape index (κ1) is 20.3. The molecule has 2 fully saturated rings. The second-order valence-corrected chi connectivity index (χ2v) is 10.2. The number of sulfonamides is 1. The number of hydrogen-bond donors (Lipinski definition) is 1. The van der Waals surface area contributed by atoms with Crippen LogP contribution in [0.25, 0.3) is 11.0 Å². The van der Waals surface area contributed by atoms with Crippen LogP contribution in [-0.4, -0.2) is 47.9 Å². The lowest BCUT2D eigenvalue weighted by atomic mass is 9.74. The monoisotopic (exact) mass is 446 g/mol. The number of rotatable bonds is 7. The van der Waals surface area contributed by atoms with Crippen LogP contribution in [0.4, 0.5) is 5.82 Å². The van der Waals surface area contributed by atoms with Crippen LogP contribution in [-0.2, 0) is 21.3 Å². The zero-order chi connectivity index (χ0) is 21.5. The van der Waals surface area contributed by atoms with Gasteiger partial charge >= 0.3 is 0 Å². The van der Waals surface area contributed by atoms with E-state index in [0.717, 1.165) is 44.1 Å². The number of anilines is 1. The average molecular weight is 447 g/mol. The van der Waals surface area contributed by atoms with Gasteiger partial charge in [-0.1, -0.05) is 5.16 Å². The minimum atomic E-state index is -3.67. The summed E-state index contributed by atoms with van der Waals surface area (Å²) in [6, 6.07) is 5.50. The van der Waals surface area contributed by atoms with E-state index in [1.165, 1.54) is 7.11 Å². The Morgan fingerprint density at radius 2 is 2.13 bits per heavy atom. The third kappa shape index (κ3) is 4.14. The average Bonchev–Trinajstić information content (AvgIpc) is 3.36. The summed E-state index contributed by atoms with van der Waals surface area (Å²) in [6.45, 7) is 0.530. The van der Waals surface area contributed by atoms with Gasteiger partial charge in [0.2, 0.25) is 10.0 Å². The maximum Gasteiger partial charge on any atom is 0.236 e. The molecule has 0 bridgehead atoms. The van der Waals surface area contributed by atoms with Gasteiger partial charge in [-0.25, -0.2) is 8.42 Å². The summed E-state index contributed by atoms with van der Waals surface area (Å²) in [6.07, 6.45) is 9.27. The van der Waals surface area contributed by atoms with E-state index >= 15 is 0 Å². The highest BCUT2D eigenvalue weighted by atomic mass is 32.2. The molecule has 1 spiro atoms. The molecule has 1 aromatic carbocycles. The summed E-state index contributed by atoms with van der Waals surface area (Å²) in [7, 11) is -2.14. The molecule has 1 N–H and O–H groups in total. The second-order valence-electron chi connectivity index (χ2n) is 8.46. The Morgan fingerprint density at radius 1 is 1.29 bits per heavy atom. The molecule has 3 aromatic rings. The van der Waals surface area contributed by atoms with Crippen LogP contribution in [0.1, 0.15) is 44.1 Å². The van der Waals surface area contributed by atoms with Crippen LogP contribution < -0.4 is 9.46 Å². The van der Waals surface area contributed by atoms with Gasteiger partial charge in [-0.3, -0.25) is 9.40 Å². The normalized spacial score (nSPS) is 20.6. The van der Waals surface area contributed by atoms with E-state index in [2.05, 4.69) is 15.0 Å². The summed E-state index contributed by atoms with van der Waals surface area (Å²) < 4.78 is 47.2. The molecule has 1 saturated heterocycles. The van der Waals surface area contributed by atoms with Gasteiger partial charge in [-0.15, -0.1) is 0 Å². The molecular weight excluding hydrogens is 420 g/mol. The van der Waals surface area contributed by atoms with Gasteiger partial charge in [0.05, 0.1) is 31.1 Å². The van der Waals surface area contributed by atoms with Crippen molar-refractivity contribution < 1.29 is 22.4 Å². The fraction of sp³-hybridized carbons (Fsp3) is 0.524. The maximum atomic E-state index is 12.9. The van der Waals surface area contributed by atoms with E-state index in [1.807, 2.05) is 24.4 Å². The van der Waals surface area contributed by atoms with Gasteiger partial charge in [0, 0.05) is 12.4 Å². The molecule has 1 saturated carbocycles. The Hall–Kier alpha value is -2.59. The SMILES string of the molecule is COc1cc(Cn2cccn2)cc2onc(NS(=O)(=O)CC3CCCC4(CCC4)O3)c12. The van der Waals surface area contributed by atoms with Crippen LogP contribution >= 0.6 is 0 Å². The van der Waals surface area contributed by atoms with Crippen LogP contribution in [0.15, 0.2) is 35.1 Å². The third-order valence-corrected chi connectivity index (χ3v) is 7.53. The lowest BCUT2D eigenvalue weighted by Gasteiger charge is -2.47. The first-order valence-corrected chi connectivity index (χ1v) is 12.2. The highest BCUT2D eigenvalue weighted by Gasteiger charge is 2.43. The molecule has 10 heteroatoms. The number of benzene rings is 1. The fourth-order valence-electron chi connectivity index (χ4n) is 4.61. The van der Waals surface area contributed by atoms with Crippen LogP contribution in [0.5, 0.6) is 5.75 Å². The van der Waals surface area contributed by atoms with Crippen molar-refractivity contribution in [3.63, 3.8) is 0 Å². The van der Waals surface area contributed by atoms with Crippen molar-refractivity contribution >= 4 is 26.8 Å². The summed E-state index contributed by atoms with van der Waals surface area (Å²) in [4.78, 5) is 0. The number of nitrogens with zero attached hydrogens (tertiary/aromatic N) is 3. The predicted octanol–water partition coefficient (Wildman–Crippen LogP) is 3.31. The molecule has 9 nitrogen and oxygen atoms in total. The molecule has 3 heterocycles. The van der Waals surface area contributed by atoms with E-state index in [9.17, 15) is 8.42 Å². The summed E-state index contributed by atoms with van der Waals surface area (Å²) >= 11 is 0. The van der Waals surface area contributed by atoms with Crippen molar-refractivity contribution in [1.82, 2.24) is 14.9 Å². The molecule has 0 amide bonds. The Bertz CT molecular complexity index is 1170. The lowest BCUT2D eigenvalue weighted by Crippen LogP contribution is -2.48. The minimum absolute atomic E-state index is 0.0901. The van der Waals surface area contributed by atoms with Crippen molar-refractivity contribution in [2.45, 2.75) is 56.8 Å². The molecule has 5 rings (SSSR count). The number of aromatic nitrogens is 3. The van der Waals surface area contributed by atoms with Gasteiger partial charge in [0.15, 0.2) is 11.4 Å². The van der Waals surface area contributed by atoms with E-state index in [0.29, 0.717) is 23.3 Å². The van der Waals surface area contributed by atoms with Gasteiger partial charge in [-0.05, 0) is 62.3 Å². The fourth-order valence-corrected chi connectivity index (χ4v) is 5.85. The zero-order valence-electron chi connectivity index (χ0n) is 17.4. The number of fused-ring (bicyclic) bond motifs is 1. The number of nitrogens with one attached hydrogen (secondary N) is 1. The maximum absolute atomic E-state index is 12.9. The first-order chi connectivity index (χ1) is 15.0. The summed E-state index contributed by atoms with van der Waals surface area (Å²) in [5, 5.41) is 8.67. The van der Waals surface area contributed by atoms with Crippen LogP contribution in [0, 0.1) is 0 Å². The van der Waals surface area contributed by atoms with Crippen LogP contribution in [0.3, 0.4) is 0 Å². The number of ether oxygens (including phenoxy) is 2. The van der Waals surface area contributed by atoms with Gasteiger partial charge in [0.1, 0.15) is 11.1 Å². The highest BCUT2D eigenvalue weighted by Crippen LogP contribution is 2.44. The Kier molecular flexibility index (Phi) is 5.13. The predicted molar refractivity (Wildman–Crippen MR) is 115 cm³/mol. The van der Waals surface area contributed by atoms with Crippen LogP contribution in [0.2, 0.25) is 0 Å². The second kappa shape index (κ2) is 7.83. The molecule has 0 radical (unpaired) electrons. The molecule has 1 aliphatic heterocycles. The standard InChI is InChI=1S/C21H26N4O5S/c1-28-17-11-15(13-25-10-4-9-22-25)12-18-19(17)20(23-30-18)24-31(26,27)14-16-5-2-6-21(29-16)7-3-8-21/h4,9-12,16H,2-3,5-8,13-14H2,1H3,(H,23,24). The Labute approximate surface area is 180 Å². The quantitative estimate of drug-likeness (QED) is 0.593. The molecule has 2 aliphatic rings. The number of methoxy groups -OCH3 is 1. The topological polar surface area (TPSA) is 108 Å². The highest BCUT2D eigenvalue weighted by molar-refractivity contribution is 7.92. The molecule has 1 atom stereocenters. The first-order valence-electron chi connectivity index (χ1n) is 10.6. The van der Waals surface area contributed by atoms with Crippen molar-refractivity contribution in [2.75, 3.05) is 17.6 Å². The summed E-state index contributed by atoms with van der Waals surface area (Å²) in [5.74, 6) is 0.524. The summed E-state index contributed by atoms with van der Waals surface area (Å²) in [5.41, 5.74) is 1.26. The van der Waals surface area contributed by atoms with E-state index in [-0.39, 0.29) is 23.3 Å². The Morgan fingerprint density at radius 3 is 2.84 bits per heavy atom. The van der Waals surface area contributed by atoms with Crippen molar-refractivity contribution in [3.05, 3.63) is 36.2 Å². The molecule has 2 aromatic heterocycles. The minimum Gasteiger partial charge on any atom is -0.496 e. The van der Waals surface area contributed by atoms with E-state index < -0.39 is 10.0 Å². The molecule has 1 aliphatic carbocycles. The van der Waals surface area contributed by atoms with Gasteiger partial charge in [-0.2, -0.15) is 5.10 Å². The zero-order valence-corrected chi connectivity index (χ0v) is 18.2. The molecule has 166 valence electrons. The molecule has 31 heavy (non-hydrogen) atoms. The van der Waals surface area contributed by atoms with E-state index in [1.54, 1.807) is 10.9 Å². The number of hydrogen-bond acceptors (Lipinski definition) is 7. The largest absolute Gasteiger partial charge is 0.496 e. The van der Waals surface area contributed by atoms with Gasteiger partial charge < -0.3 is 14.0 Å². The van der Waals surface area contributed by atoms with E-state index in [4.69, 9.17) is 14.0 Å². The third-order valence-electron chi connectivity index (χ3n) is 6.22. The Balaban J connectivity index is 1.35. The van der Waals surface area contributed by atoms with Crippen molar-refractivity contribution in [3.8, 4) is 5.75 Å². The lowest BCUT2D eigenvalue weighted by molar-refractivity contribution is -0.161. The van der Waals surface area contributed by atoms with Crippen molar-refractivity contribution in [2.24, 2.45) is 0 Å². The smallest absolute Gasteiger partial charge is 0.236 e. The molecule has 1 unspecified atom stereocenters. The molecular formula is C21H26N4O5S. The van der Waals surface area contributed by atoms with Crippen molar-refractivity contribution in [1.29, 1.82) is 0 Å².